The Labute approximate surface area is 189 Å². The lowest BCUT2D eigenvalue weighted by atomic mass is 9.80. The predicted molar refractivity (Wildman–Crippen MR) is 122 cm³/mol. The van der Waals surface area contributed by atoms with Crippen LogP contribution in [-0.2, 0) is 0 Å². The zero-order valence-electron chi connectivity index (χ0n) is 17.0. The van der Waals surface area contributed by atoms with Crippen molar-refractivity contribution >= 4 is 72.4 Å². The molecule has 2 N–H and O–H groups in total. The SMILES string of the molecule is [C-]#[N+]c1cc2c3c(ccc4c5c(C#N)cc6c7c(ccc(c1c34)c75)C(=O)NC6=O)C(=O)NC2=O. The minimum Gasteiger partial charge on any atom is -0.288 e. The summed E-state index contributed by atoms with van der Waals surface area (Å²) in [6.45, 7) is 7.81. The molecule has 4 amide bonds. The number of fused-ring (bicyclic) bond motifs is 2. The van der Waals surface area contributed by atoms with Gasteiger partial charge < -0.3 is 0 Å². The molecule has 0 saturated carbocycles. The van der Waals surface area contributed by atoms with Gasteiger partial charge in [0.2, 0.25) is 0 Å². The van der Waals surface area contributed by atoms with E-state index in [0.717, 1.165) is 0 Å². The molecular formula is C26H8N4O4. The van der Waals surface area contributed by atoms with E-state index in [1.54, 1.807) is 24.3 Å². The third-order valence-electron chi connectivity index (χ3n) is 6.76. The number of amides is 4. The van der Waals surface area contributed by atoms with Crippen molar-refractivity contribution in [2.75, 3.05) is 0 Å². The normalized spacial score (nSPS) is 14.5. The fraction of sp³-hybridized carbons (Fsp3) is 0. The number of imide groups is 2. The van der Waals surface area contributed by atoms with Gasteiger partial charge in [0.05, 0.1) is 18.2 Å². The van der Waals surface area contributed by atoms with Gasteiger partial charge in [-0.15, -0.1) is 0 Å². The third-order valence-corrected chi connectivity index (χ3v) is 6.76. The van der Waals surface area contributed by atoms with E-state index in [-0.39, 0.29) is 22.4 Å². The number of nitrogens with one attached hydrogen (secondary N) is 2. The van der Waals surface area contributed by atoms with Crippen molar-refractivity contribution in [1.29, 1.82) is 5.26 Å². The van der Waals surface area contributed by atoms with Crippen molar-refractivity contribution in [3.05, 3.63) is 75.6 Å². The van der Waals surface area contributed by atoms with Crippen LogP contribution in [0.15, 0.2) is 36.4 Å². The molecule has 0 atom stereocenters. The zero-order chi connectivity index (χ0) is 23.5. The second kappa shape index (κ2) is 5.71. The van der Waals surface area contributed by atoms with Gasteiger partial charge in [-0.1, -0.05) is 12.1 Å². The Morgan fingerprint density at radius 1 is 0.647 bits per heavy atom. The molecule has 2 aliphatic heterocycles. The number of nitrogens with zero attached hydrogens (tertiary/aromatic N) is 2. The lowest BCUT2D eigenvalue weighted by Gasteiger charge is -2.24. The standard InChI is InChI=1S/C26H8N4O4/c1-28-16-7-15-19-13(24(32)30-26(15)34)4-2-10-17-9(8-27)6-14-18-12(23(31)29-25(14)33)5-3-11(21(17)18)20(16)22(10)19/h2-7H,(H,29,31,33)(H,30,32,34). The van der Waals surface area contributed by atoms with Gasteiger partial charge in [0.25, 0.3) is 23.6 Å². The molecule has 34 heavy (non-hydrogen) atoms. The second-order valence-corrected chi connectivity index (χ2v) is 8.28. The Balaban J connectivity index is 1.91. The minimum atomic E-state index is -0.596. The molecule has 0 radical (unpaired) electrons. The molecule has 2 aliphatic rings. The Hall–Kier alpha value is -5.34. The van der Waals surface area contributed by atoms with E-state index in [0.29, 0.717) is 54.2 Å². The van der Waals surface area contributed by atoms with Crippen molar-refractivity contribution < 1.29 is 19.2 Å². The highest BCUT2D eigenvalue weighted by atomic mass is 16.2. The quantitative estimate of drug-likeness (QED) is 0.164. The van der Waals surface area contributed by atoms with Crippen molar-refractivity contribution in [2.24, 2.45) is 0 Å². The Kier molecular flexibility index (Phi) is 3.07. The average molecular weight is 440 g/mol. The van der Waals surface area contributed by atoms with Gasteiger partial charge in [0.15, 0.2) is 5.69 Å². The fourth-order valence-electron chi connectivity index (χ4n) is 5.47. The molecule has 5 aromatic rings. The number of rotatable bonds is 0. The lowest BCUT2D eigenvalue weighted by molar-refractivity contribution is 0.0828. The average Bonchev–Trinajstić information content (AvgIpc) is 2.84. The highest BCUT2D eigenvalue weighted by Gasteiger charge is 2.32. The molecule has 0 unspecified atom stereocenters. The summed E-state index contributed by atoms with van der Waals surface area (Å²) in [5, 5.41) is 18.7. The van der Waals surface area contributed by atoms with Gasteiger partial charge >= 0.3 is 0 Å². The highest BCUT2D eigenvalue weighted by Crippen LogP contribution is 2.49. The van der Waals surface area contributed by atoms with E-state index >= 15 is 0 Å². The van der Waals surface area contributed by atoms with Gasteiger partial charge in [-0.05, 0) is 51.2 Å². The maximum Gasteiger partial charge on any atom is 0.258 e. The van der Waals surface area contributed by atoms with Crippen LogP contribution in [0.3, 0.4) is 0 Å². The van der Waals surface area contributed by atoms with E-state index in [1.165, 1.54) is 12.1 Å². The van der Waals surface area contributed by atoms with Crippen molar-refractivity contribution in [1.82, 2.24) is 10.6 Å². The smallest absolute Gasteiger partial charge is 0.258 e. The van der Waals surface area contributed by atoms with E-state index in [1.807, 2.05) is 0 Å². The number of hydrogen-bond acceptors (Lipinski definition) is 5. The lowest BCUT2D eigenvalue weighted by Crippen LogP contribution is -2.35. The van der Waals surface area contributed by atoms with E-state index < -0.39 is 23.6 Å². The molecule has 0 aromatic heterocycles. The van der Waals surface area contributed by atoms with Crippen molar-refractivity contribution in [3.63, 3.8) is 0 Å². The number of benzene rings is 5. The molecule has 0 bridgehead atoms. The molecule has 5 aromatic carbocycles. The van der Waals surface area contributed by atoms with Gasteiger partial charge in [0, 0.05) is 38.4 Å². The highest BCUT2D eigenvalue weighted by molar-refractivity contribution is 6.43. The topological polar surface area (TPSA) is 120 Å². The molecule has 8 heteroatoms. The first-order valence-corrected chi connectivity index (χ1v) is 10.2. The number of hydrogen-bond donors (Lipinski definition) is 2. The van der Waals surface area contributed by atoms with Crippen LogP contribution in [0.2, 0.25) is 0 Å². The van der Waals surface area contributed by atoms with Crippen LogP contribution in [-0.4, -0.2) is 23.6 Å². The summed E-state index contributed by atoms with van der Waals surface area (Å²) < 4.78 is 0. The molecule has 7 rings (SSSR count). The minimum absolute atomic E-state index is 0.196. The summed E-state index contributed by atoms with van der Waals surface area (Å²) in [5.41, 5.74) is 1.43. The van der Waals surface area contributed by atoms with E-state index in [9.17, 15) is 24.4 Å². The first kappa shape index (κ1) is 18.3. The molecule has 0 spiro atoms. The van der Waals surface area contributed by atoms with Crippen LogP contribution in [0, 0.1) is 17.9 Å². The monoisotopic (exact) mass is 440 g/mol. The van der Waals surface area contributed by atoms with Crippen LogP contribution in [0.4, 0.5) is 5.69 Å². The molecule has 0 saturated heterocycles. The Morgan fingerprint density at radius 2 is 1.15 bits per heavy atom. The molecule has 0 fully saturated rings. The third kappa shape index (κ3) is 1.88. The summed E-state index contributed by atoms with van der Waals surface area (Å²) in [6.07, 6.45) is 0. The molecule has 0 aliphatic carbocycles. The van der Waals surface area contributed by atoms with E-state index in [4.69, 9.17) is 6.57 Å². The number of carbonyl (C=O) groups excluding carboxylic acids is 4. The van der Waals surface area contributed by atoms with Crippen LogP contribution in [0.1, 0.15) is 47.0 Å². The molecule has 156 valence electrons. The van der Waals surface area contributed by atoms with E-state index in [2.05, 4.69) is 21.5 Å². The van der Waals surface area contributed by atoms with Crippen LogP contribution < -0.4 is 10.6 Å². The molecular weight excluding hydrogens is 432 g/mol. The maximum atomic E-state index is 12.7. The predicted octanol–water partition coefficient (Wildman–Crippen LogP) is 3.93. The van der Waals surface area contributed by atoms with Crippen LogP contribution in [0.5, 0.6) is 0 Å². The summed E-state index contributed by atoms with van der Waals surface area (Å²) in [7, 11) is 0. The largest absolute Gasteiger partial charge is 0.288 e. The number of nitriles is 1. The number of carbonyl (C=O) groups is 4. The van der Waals surface area contributed by atoms with Gasteiger partial charge in [-0.3, -0.25) is 29.8 Å². The van der Waals surface area contributed by atoms with Crippen LogP contribution >= 0.6 is 0 Å². The first-order chi connectivity index (χ1) is 16.4. The molecule has 2 heterocycles. The van der Waals surface area contributed by atoms with Crippen LogP contribution in [0.25, 0.3) is 47.9 Å². The van der Waals surface area contributed by atoms with Gasteiger partial charge in [0.1, 0.15) is 0 Å². The second-order valence-electron chi connectivity index (χ2n) is 8.28. The fourth-order valence-corrected chi connectivity index (χ4v) is 5.47. The molecule has 8 nitrogen and oxygen atoms in total. The van der Waals surface area contributed by atoms with Gasteiger partial charge in [-0.2, -0.15) is 5.26 Å². The summed E-state index contributed by atoms with van der Waals surface area (Å²) in [6, 6.07) is 11.6. The maximum absolute atomic E-state index is 12.7. The first-order valence-electron chi connectivity index (χ1n) is 10.2. The summed E-state index contributed by atoms with van der Waals surface area (Å²) in [4.78, 5) is 54.2. The Bertz CT molecular complexity index is 1860. The summed E-state index contributed by atoms with van der Waals surface area (Å²) >= 11 is 0. The van der Waals surface area contributed by atoms with Crippen molar-refractivity contribution in [2.45, 2.75) is 0 Å². The Morgan fingerprint density at radius 3 is 1.71 bits per heavy atom. The summed E-state index contributed by atoms with van der Waals surface area (Å²) in [5.74, 6) is -2.26. The van der Waals surface area contributed by atoms with Crippen molar-refractivity contribution in [3.8, 4) is 6.07 Å². The zero-order valence-corrected chi connectivity index (χ0v) is 17.0. The van der Waals surface area contributed by atoms with Gasteiger partial charge in [-0.25, -0.2) is 4.85 Å².